The SMILES string of the molecule is CN(C)CC1CCc2cc3c(cc2C1=O)OCCO3. The molecule has 102 valence electrons. The van der Waals surface area contributed by atoms with Crippen molar-refractivity contribution in [2.24, 2.45) is 5.92 Å². The molecule has 0 aromatic heterocycles. The van der Waals surface area contributed by atoms with Crippen molar-refractivity contribution in [2.45, 2.75) is 12.8 Å². The van der Waals surface area contributed by atoms with Crippen molar-refractivity contribution in [3.63, 3.8) is 0 Å². The number of hydrogen-bond donors (Lipinski definition) is 0. The third-order valence-corrected chi connectivity index (χ3v) is 3.75. The van der Waals surface area contributed by atoms with E-state index in [2.05, 4.69) is 4.90 Å². The number of nitrogens with zero attached hydrogens (tertiary/aromatic N) is 1. The number of ketones is 1. The average molecular weight is 261 g/mol. The lowest BCUT2D eigenvalue weighted by Crippen LogP contribution is -2.32. The van der Waals surface area contributed by atoms with Crippen LogP contribution < -0.4 is 9.47 Å². The summed E-state index contributed by atoms with van der Waals surface area (Å²) in [6.07, 6.45) is 1.86. The lowest BCUT2D eigenvalue weighted by molar-refractivity contribution is 0.0875. The summed E-state index contributed by atoms with van der Waals surface area (Å²) in [5, 5.41) is 0. The van der Waals surface area contributed by atoms with Crippen molar-refractivity contribution < 1.29 is 14.3 Å². The fourth-order valence-corrected chi connectivity index (χ4v) is 2.86. The van der Waals surface area contributed by atoms with Crippen LogP contribution in [0.1, 0.15) is 22.3 Å². The van der Waals surface area contributed by atoms with Gasteiger partial charge in [-0.05, 0) is 44.6 Å². The zero-order valence-corrected chi connectivity index (χ0v) is 11.4. The Kier molecular flexibility index (Phi) is 3.19. The number of aryl methyl sites for hydroxylation is 1. The molecule has 0 N–H and O–H groups in total. The van der Waals surface area contributed by atoms with Gasteiger partial charge in [0.1, 0.15) is 13.2 Å². The molecule has 1 aliphatic carbocycles. The van der Waals surface area contributed by atoms with E-state index in [1.807, 2.05) is 26.2 Å². The summed E-state index contributed by atoms with van der Waals surface area (Å²) in [5.74, 6) is 1.84. The highest BCUT2D eigenvalue weighted by Gasteiger charge is 2.29. The van der Waals surface area contributed by atoms with Crippen LogP contribution in [0.15, 0.2) is 12.1 Å². The van der Waals surface area contributed by atoms with Crippen LogP contribution >= 0.6 is 0 Å². The normalized spacial score (nSPS) is 21.4. The Morgan fingerprint density at radius 3 is 2.58 bits per heavy atom. The predicted octanol–water partition coefficient (Wildman–Crippen LogP) is 1.76. The number of carbonyl (C=O) groups excluding carboxylic acids is 1. The molecule has 1 aromatic rings. The van der Waals surface area contributed by atoms with Gasteiger partial charge in [0.05, 0.1) is 0 Å². The largest absolute Gasteiger partial charge is 0.486 e. The zero-order chi connectivity index (χ0) is 13.4. The number of carbonyl (C=O) groups is 1. The maximum absolute atomic E-state index is 12.5. The van der Waals surface area contributed by atoms with Gasteiger partial charge in [-0.1, -0.05) is 0 Å². The van der Waals surface area contributed by atoms with E-state index in [0.717, 1.165) is 36.3 Å². The van der Waals surface area contributed by atoms with Gasteiger partial charge in [-0.3, -0.25) is 4.79 Å². The van der Waals surface area contributed by atoms with Crippen LogP contribution in [0.2, 0.25) is 0 Å². The molecule has 1 heterocycles. The monoisotopic (exact) mass is 261 g/mol. The van der Waals surface area contributed by atoms with E-state index in [4.69, 9.17) is 9.47 Å². The van der Waals surface area contributed by atoms with Crippen LogP contribution in [-0.4, -0.2) is 44.5 Å². The van der Waals surface area contributed by atoms with E-state index < -0.39 is 0 Å². The molecule has 0 radical (unpaired) electrons. The molecular formula is C15H19NO3. The van der Waals surface area contributed by atoms with Crippen LogP contribution in [0.3, 0.4) is 0 Å². The molecule has 1 aliphatic heterocycles. The summed E-state index contributed by atoms with van der Waals surface area (Å²) in [7, 11) is 4.01. The first-order valence-corrected chi connectivity index (χ1v) is 6.76. The fourth-order valence-electron chi connectivity index (χ4n) is 2.86. The molecule has 0 bridgehead atoms. The Hall–Kier alpha value is -1.55. The molecule has 3 rings (SSSR count). The van der Waals surface area contributed by atoms with Gasteiger partial charge in [-0.25, -0.2) is 0 Å². The predicted molar refractivity (Wildman–Crippen MR) is 72.1 cm³/mol. The zero-order valence-electron chi connectivity index (χ0n) is 11.4. The molecule has 4 nitrogen and oxygen atoms in total. The van der Waals surface area contributed by atoms with Gasteiger partial charge in [0.15, 0.2) is 17.3 Å². The smallest absolute Gasteiger partial charge is 0.167 e. The topological polar surface area (TPSA) is 38.8 Å². The van der Waals surface area contributed by atoms with Crippen molar-refractivity contribution in [2.75, 3.05) is 33.9 Å². The van der Waals surface area contributed by atoms with Gasteiger partial charge >= 0.3 is 0 Å². The third kappa shape index (κ3) is 2.32. The van der Waals surface area contributed by atoms with E-state index in [9.17, 15) is 4.79 Å². The Morgan fingerprint density at radius 1 is 1.21 bits per heavy atom. The molecule has 0 saturated carbocycles. The molecule has 1 unspecified atom stereocenters. The van der Waals surface area contributed by atoms with E-state index in [-0.39, 0.29) is 11.7 Å². The van der Waals surface area contributed by atoms with Crippen LogP contribution in [0, 0.1) is 5.92 Å². The number of Topliss-reactive ketones (excluding diaryl/α,β-unsaturated/α-hetero) is 1. The lowest BCUT2D eigenvalue weighted by Gasteiger charge is -2.28. The number of fused-ring (bicyclic) bond motifs is 2. The molecule has 19 heavy (non-hydrogen) atoms. The number of rotatable bonds is 2. The summed E-state index contributed by atoms with van der Waals surface area (Å²) in [4.78, 5) is 14.6. The minimum atomic E-state index is 0.102. The van der Waals surface area contributed by atoms with E-state index in [0.29, 0.717) is 19.0 Å². The number of benzene rings is 1. The molecular weight excluding hydrogens is 242 g/mol. The molecule has 0 amide bonds. The van der Waals surface area contributed by atoms with Crippen molar-refractivity contribution in [3.05, 3.63) is 23.3 Å². The highest BCUT2D eigenvalue weighted by atomic mass is 16.6. The standard InChI is InChI=1S/C15H19NO3/c1-16(2)9-11-4-3-10-7-13-14(19-6-5-18-13)8-12(10)15(11)17/h7-8,11H,3-6,9H2,1-2H3. The minimum Gasteiger partial charge on any atom is -0.486 e. The van der Waals surface area contributed by atoms with E-state index in [1.165, 1.54) is 0 Å². The molecule has 1 atom stereocenters. The minimum absolute atomic E-state index is 0.102. The Labute approximate surface area is 113 Å². The summed E-state index contributed by atoms with van der Waals surface area (Å²) in [6.45, 7) is 1.96. The summed E-state index contributed by atoms with van der Waals surface area (Å²) in [6, 6.07) is 3.85. The fraction of sp³-hybridized carbons (Fsp3) is 0.533. The summed E-state index contributed by atoms with van der Waals surface area (Å²) < 4.78 is 11.1. The molecule has 1 aromatic carbocycles. The van der Waals surface area contributed by atoms with Crippen molar-refractivity contribution in [3.8, 4) is 11.5 Å². The molecule has 0 fully saturated rings. The van der Waals surface area contributed by atoms with E-state index in [1.54, 1.807) is 0 Å². The second-order valence-electron chi connectivity index (χ2n) is 5.52. The highest BCUT2D eigenvalue weighted by Crippen LogP contribution is 2.37. The lowest BCUT2D eigenvalue weighted by atomic mass is 9.82. The van der Waals surface area contributed by atoms with Crippen LogP contribution in [-0.2, 0) is 6.42 Å². The first-order chi connectivity index (χ1) is 9.15. The van der Waals surface area contributed by atoms with Gasteiger partial charge in [0, 0.05) is 18.0 Å². The van der Waals surface area contributed by atoms with Crippen molar-refractivity contribution in [1.82, 2.24) is 4.90 Å². The summed E-state index contributed by atoms with van der Waals surface area (Å²) in [5.41, 5.74) is 1.92. The van der Waals surface area contributed by atoms with Crippen LogP contribution in [0.25, 0.3) is 0 Å². The van der Waals surface area contributed by atoms with Gasteiger partial charge < -0.3 is 14.4 Å². The third-order valence-electron chi connectivity index (χ3n) is 3.75. The second kappa shape index (κ2) is 4.85. The van der Waals surface area contributed by atoms with Crippen molar-refractivity contribution in [1.29, 1.82) is 0 Å². The van der Waals surface area contributed by atoms with Crippen molar-refractivity contribution >= 4 is 5.78 Å². The summed E-state index contributed by atoms with van der Waals surface area (Å²) >= 11 is 0. The molecule has 4 heteroatoms. The Morgan fingerprint density at radius 2 is 1.89 bits per heavy atom. The molecule has 0 saturated heterocycles. The Bertz CT molecular complexity index is 510. The van der Waals surface area contributed by atoms with Gasteiger partial charge in [-0.15, -0.1) is 0 Å². The highest BCUT2D eigenvalue weighted by molar-refractivity contribution is 6.01. The Balaban J connectivity index is 1.92. The maximum Gasteiger partial charge on any atom is 0.167 e. The number of hydrogen-bond acceptors (Lipinski definition) is 4. The number of ether oxygens (including phenoxy) is 2. The maximum atomic E-state index is 12.5. The van der Waals surface area contributed by atoms with Crippen LogP contribution in [0.5, 0.6) is 11.5 Å². The molecule has 2 aliphatic rings. The molecule has 0 spiro atoms. The quantitative estimate of drug-likeness (QED) is 0.813. The second-order valence-corrected chi connectivity index (χ2v) is 5.52. The average Bonchev–Trinajstić information content (AvgIpc) is 2.40. The van der Waals surface area contributed by atoms with Crippen LogP contribution in [0.4, 0.5) is 0 Å². The first kappa shape index (κ1) is 12.5. The van der Waals surface area contributed by atoms with Gasteiger partial charge in [0.2, 0.25) is 0 Å². The first-order valence-electron chi connectivity index (χ1n) is 6.76. The van der Waals surface area contributed by atoms with E-state index >= 15 is 0 Å². The van der Waals surface area contributed by atoms with Gasteiger partial charge in [-0.2, -0.15) is 0 Å². The van der Waals surface area contributed by atoms with Gasteiger partial charge in [0.25, 0.3) is 0 Å².